The fraction of sp³-hybridized carbons (Fsp3) is 0.421. The van der Waals surface area contributed by atoms with Gasteiger partial charge in [-0.15, -0.1) is 0 Å². The van der Waals surface area contributed by atoms with E-state index in [9.17, 15) is 4.79 Å². The highest BCUT2D eigenvalue weighted by molar-refractivity contribution is 5.97. The Kier molecular flexibility index (Phi) is 4.81. The Balaban J connectivity index is 1.51. The Morgan fingerprint density at radius 1 is 1.33 bits per heavy atom. The lowest BCUT2D eigenvalue weighted by molar-refractivity contribution is 0.0936. The molecule has 1 saturated heterocycles. The minimum Gasteiger partial charge on any atom is -0.378 e. The minimum atomic E-state index is -0.102. The highest BCUT2D eigenvalue weighted by atomic mass is 16.5. The van der Waals surface area contributed by atoms with Crippen molar-refractivity contribution in [3.63, 3.8) is 0 Å². The summed E-state index contributed by atoms with van der Waals surface area (Å²) in [7, 11) is 2.01. The lowest BCUT2D eigenvalue weighted by Gasteiger charge is -2.27. The zero-order valence-corrected chi connectivity index (χ0v) is 15.6. The first-order chi connectivity index (χ1) is 13.1. The maximum Gasteiger partial charge on any atom is 0.251 e. The van der Waals surface area contributed by atoms with Crippen LogP contribution in [-0.4, -0.2) is 57.6 Å². The maximum absolute atomic E-state index is 12.6. The largest absolute Gasteiger partial charge is 0.378 e. The van der Waals surface area contributed by atoms with E-state index in [-0.39, 0.29) is 11.9 Å². The van der Waals surface area contributed by atoms with Gasteiger partial charge in [-0.05, 0) is 31.2 Å². The normalized spacial score (nSPS) is 15.9. The van der Waals surface area contributed by atoms with Gasteiger partial charge in [0, 0.05) is 44.1 Å². The molecular weight excluding hydrogens is 344 g/mol. The van der Waals surface area contributed by atoms with Gasteiger partial charge >= 0.3 is 0 Å². The molecular formula is C19H24N6O2. The van der Waals surface area contributed by atoms with Crippen LogP contribution < -0.4 is 10.2 Å². The summed E-state index contributed by atoms with van der Waals surface area (Å²) in [5.74, 6) is 0.813. The predicted molar refractivity (Wildman–Crippen MR) is 103 cm³/mol. The van der Waals surface area contributed by atoms with Crippen LogP contribution in [0.5, 0.6) is 0 Å². The number of nitrogens with zero attached hydrogens (tertiary/aromatic N) is 5. The monoisotopic (exact) mass is 368 g/mol. The van der Waals surface area contributed by atoms with E-state index < -0.39 is 0 Å². The Labute approximate surface area is 157 Å². The van der Waals surface area contributed by atoms with E-state index in [2.05, 4.69) is 19.9 Å². The molecule has 1 aliphatic heterocycles. The molecule has 1 atom stereocenters. The highest BCUT2D eigenvalue weighted by Crippen LogP contribution is 2.23. The summed E-state index contributed by atoms with van der Waals surface area (Å²) in [6, 6.07) is 7.51. The Morgan fingerprint density at radius 3 is 2.89 bits per heavy atom. The van der Waals surface area contributed by atoms with Crippen LogP contribution >= 0.6 is 0 Å². The van der Waals surface area contributed by atoms with Crippen molar-refractivity contribution in [2.75, 3.05) is 31.2 Å². The van der Waals surface area contributed by atoms with Crippen molar-refractivity contribution in [1.82, 2.24) is 24.6 Å². The second-order valence-electron chi connectivity index (χ2n) is 6.88. The summed E-state index contributed by atoms with van der Waals surface area (Å²) in [4.78, 5) is 19.6. The molecule has 1 N–H and O–H groups in total. The number of ether oxygens (including phenoxy) is 1. The van der Waals surface area contributed by atoms with Crippen LogP contribution in [0.15, 0.2) is 36.7 Å². The molecule has 0 unspecified atom stereocenters. The van der Waals surface area contributed by atoms with E-state index in [1.54, 1.807) is 6.20 Å². The summed E-state index contributed by atoms with van der Waals surface area (Å²) in [5, 5.41) is 7.20. The van der Waals surface area contributed by atoms with E-state index in [4.69, 9.17) is 9.72 Å². The number of aryl methyl sites for hydroxylation is 1. The molecule has 1 fully saturated rings. The number of benzene rings is 1. The minimum absolute atomic E-state index is 0.0271. The van der Waals surface area contributed by atoms with E-state index >= 15 is 0 Å². The fourth-order valence-electron chi connectivity index (χ4n) is 3.42. The zero-order valence-electron chi connectivity index (χ0n) is 15.6. The Morgan fingerprint density at radius 2 is 2.15 bits per heavy atom. The first-order valence-corrected chi connectivity index (χ1v) is 9.19. The number of nitrogens with one attached hydrogen (secondary N) is 1. The number of hydrogen-bond donors (Lipinski definition) is 1. The van der Waals surface area contributed by atoms with Crippen molar-refractivity contribution in [2.24, 2.45) is 7.05 Å². The highest BCUT2D eigenvalue weighted by Gasteiger charge is 2.19. The van der Waals surface area contributed by atoms with Gasteiger partial charge in [0.1, 0.15) is 0 Å². The van der Waals surface area contributed by atoms with Crippen LogP contribution in [0.25, 0.3) is 11.0 Å². The van der Waals surface area contributed by atoms with Crippen molar-refractivity contribution in [3.8, 4) is 0 Å². The van der Waals surface area contributed by atoms with Gasteiger partial charge in [0.15, 0.2) is 0 Å². The van der Waals surface area contributed by atoms with Crippen molar-refractivity contribution in [3.05, 3.63) is 42.2 Å². The number of fused-ring (bicyclic) bond motifs is 1. The Bertz CT molecular complexity index is 927. The molecule has 8 nitrogen and oxygen atoms in total. The van der Waals surface area contributed by atoms with Crippen LogP contribution in [0.1, 0.15) is 17.3 Å². The fourth-order valence-corrected chi connectivity index (χ4v) is 3.42. The second kappa shape index (κ2) is 7.40. The number of morpholine rings is 1. The molecule has 0 spiro atoms. The quantitative estimate of drug-likeness (QED) is 0.737. The molecule has 0 aliphatic carbocycles. The molecule has 3 aromatic rings. The molecule has 1 amide bonds. The van der Waals surface area contributed by atoms with Gasteiger partial charge in [-0.3, -0.25) is 9.48 Å². The maximum atomic E-state index is 12.6. The summed E-state index contributed by atoms with van der Waals surface area (Å²) < 4.78 is 9.30. The van der Waals surface area contributed by atoms with Crippen molar-refractivity contribution >= 4 is 22.9 Å². The predicted octanol–water partition coefficient (Wildman–Crippen LogP) is 1.42. The smallest absolute Gasteiger partial charge is 0.251 e. The number of carbonyl (C=O) groups is 1. The number of aromatic nitrogens is 4. The molecule has 8 heteroatoms. The summed E-state index contributed by atoms with van der Waals surface area (Å²) in [6.45, 7) is 5.68. The van der Waals surface area contributed by atoms with Gasteiger partial charge < -0.3 is 19.5 Å². The summed E-state index contributed by atoms with van der Waals surface area (Å²) >= 11 is 0. The van der Waals surface area contributed by atoms with Gasteiger partial charge in [-0.25, -0.2) is 4.98 Å². The van der Waals surface area contributed by atoms with Crippen LogP contribution in [0, 0.1) is 0 Å². The third kappa shape index (κ3) is 3.66. The average molecular weight is 368 g/mol. The van der Waals surface area contributed by atoms with Crippen molar-refractivity contribution in [1.29, 1.82) is 0 Å². The van der Waals surface area contributed by atoms with E-state index in [0.717, 1.165) is 30.1 Å². The molecule has 142 valence electrons. The van der Waals surface area contributed by atoms with Gasteiger partial charge in [-0.2, -0.15) is 5.10 Å². The van der Waals surface area contributed by atoms with Crippen LogP contribution in [0.2, 0.25) is 0 Å². The van der Waals surface area contributed by atoms with Crippen LogP contribution in [0.4, 0.5) is 5.95 Å². The molecule has 0 bridgehead atoms. The van der Waals surface area contributed by atoms with Crippen LogP contribution in [-0.2, 0) is 18.3 Å². The number of rotatable bonds is 5. The number of imidazole rings is 1. The lowest BCUT2D eigenvalue weighted by atomic mass is 10.1. The lowest BCUT2D eigenvalue weighted by Crippen LogP contribution is -2.37. The first kappa shape index (κ1) is 17.5. The van der Waals surface area contributed by atoms with Crippen molar-refractivity contribution < 1.29 is 9.53 Å². The van der Waals surface area contributed by atoms with Gasteiger partial charge in [-0.1, -0.05) is 0 Å². The molecule has 4 rings (SSSR count). The third-order valence-corrected chi connectivity index (χ3v) is 4.81. The Hall–Kier alpha value is -2.87. The molecule has 0 radical (unpaired) electrons. The third-order valence-electron chi connectivity index (χ3n) is 4.81. The zero-order chi connectivity index (χ0) is 18.8. The van der Waals surface area contributed by atoms with E-state index in [0.29, 0.717) is 25.3 Å². The van der Waals surface area contributed by atoms with Gasteiger partial charge in [0.05, 0.1) is 30.8 Å². The number of anilines is 1. The average Bonchev–Trinajstić information content (AvgIpc) is 3.30. The van der Waals surface area contributed by atoms with Gasteiger partial charge in [0.25, 0.3) is 5.91 Å². The van der Waals surface area contributed by atoms with E-state index in [1.807, 2.05) is 49.1 Å². The number of carbonyl (C=O) groups excluding carboxylic acids is 1. The SMILES string of the molecule is C[C@H](Cn1cccn1)NC(=O)c1ccc2c(c1)nc(N1CCOCC1)n2C. The molecule has 1 aromatic carbocycles. The van der Waals surface area contributed by atoms with Gasteiger partial charge in [0.2, 0.25) is 5.95 Å². The van der Waals surface area contributed by atoms with Crippen molar-refractivity contribution in [2.45, 2.75) is 19.5 Å². The standard InChI is InChI=1S/C19H24N6O2/c1-14(13-25-7-3-6-20-25)21-18(26)15-4-5-17-16(12-15)22-19(23(17)2)24-8-10-27-11-9-24/h3-7,12,14H,8-11,13H2,1-2H3,(H,21,26)/t14-/m1/s1. The number of hydrogen-bond acceptors (Lipinski definition) is 5. The summed E-state index contributed by atoms with van der Waals surface area (Å²) in [6.07, 6.45) is 3.62. The molecule has 3 heterocycles. The molecule has 27 heavy (non-hydrogen) atoms. The number of amides is 1. The van der Waals surface area contributed by atoms with Crippen LogP contribution in [0.3, 0.4) is 0 Å². The van der Waals surface area contributed by atoms with E-state index in [1.165, 1.54) is 0 Å². The topological polar surface area (TPSA) is 77.2 Å². The molecule has 1 aliphatic rings. The summed E-state index contributed by atoms with van der Waals surface area (Å²) in [5.41, 5.74) is 2.45. The second-order valence-corrected chi connectivity index (χ2v) is 6.88. The molecule has 2 aromatic heterocycles. The molecule has 0 saturated carbocycles. The first-order valence-electron chi connectivity index (χ1n) is 9.19.